The number of alkyl halides is 3. The Hall–Kier alpha value is -1.89. The average Bonchev–Trinajstić information content (AvgIpc) is 2.69. The predicted molar refractivity (Wildman–Crippen MR) is 59.3 cm³/mol. The molecular formula is C11H11F3N4. The Morgan fingerprint density at radius 1 is 1.28 bits per heavy atom. The van der Waals surface area contributed by atoms with E-state index in [4.69, 9.17) is 5.73 Å². The molecule has 0 unspecified atom stereocenters. The third-order valence-corrected chi connectivity index (χ3v) is 2.62. The molecular weight excluding hydrogens is 245 g/mol. The largest absolute Gasteiger partial charge is 0.417 e. The first-order valence-corrected chi connectivity index (χ1v) is 5.20. The number of hydrogen-bond donors (Lipinski definition) is 1. The van der Waals surface area contributed by atoms with Crippen LogP contribution in [0.1, 0.15) is 11.3 Å². The summed E-state index contributed by atoms with van der Waals surface area (Å²) >= 11 is 0. The summed E-state index contributed by atoms with van der Waals surface area (Å²) in [5, 5.41) is 7.47. The maximum Gasteiger partial charge on any atom is 0.417 e. The van der Waals surface area contributed by atoms with Crippen LogP contribution in [0, 0.1) is 0 Å². The van der Waals surface area contributed by atoms with Crippen molar-refractivity contribution >= 4 is 0 Å². The lowest BCUT2D eigenvalue weighted by Gasteiger charge is -2.11. The fraction of sp³-hybridized carbons (Fsp3) is 0.273. The molecule has 1 aromatic carbocycles. The zero-order valence-corrected chi connectivity index (χ0v) is 9.57. The van der Waals surface area contributed by atoms with Gasteiger partial charge in [0.25, 0.3) is 0 Å². The Balaban J connectivity index is 2.64. The van der Waals surface area contributed by atoms with E-state index in [9.17, 15) is 13.2 Å². The smallest absolute Gasteiger partial charge is 0.325 e. The molecule has 2 aromatic rings. The summed E-state index contributed by atoms with van der Waals surface area (Å²) in [6.45, 7) is 0.0744. The summed E-state index contributed by atoms with van der Waals surface area (Å²) in [6.07, 6.45) is -4.43. The van der Waals surface area contributed by atoms with Crippen LogP contribution < -0.4 is 5.73 Å². The lowest BCUT2D eigenvalue weighted by Crippen LogP contribution is -2.09. The number of hydrogen-bond acceptors (Lipinski definition) is 3. The Morgan fingerprint density at radius 3 is 2.56 bits per heavy atom. The SMILES string of the molecule is Cn1nnc(-c2ccccc2C(F)(F)F)c1CN. The molecule has 0 amide bonds. The molecule has 2 rings (SSSR count). The number of halogens is 3. The minimum absolute atomic E-state index is 0.00134. The summed E-state index contributed by atoms with van der Waals surface area (Å²) in [4.78, 5) is 0. The van der Waals surface area contributed by atoms with Gasteiger partial charge in [-0.2, -0.15) is 13.2 Å². The van der Waals surface area contributed by atoms with Crippen LogP contribution in [0.15, 0.2) is 24.3 Å². The molecule has 96 valence electrons. The van der Waals surface area contributed by atoms with E-state index in [1.807, 2.05) is 0 Å². The van der Waals surface area contributed by atoms with E-state index >= 15 is 0 Å². The second-order valence-electron chi connectivity index (χ2n) is 3.76. The fourth-order valence-corrected chi connectivity index (χ4v) is 1.75. The van der Waals surface area contributed by atoms with Crippen molar-refractivity contribution in [2.75, 3.05) is 0 Å². The third kappa shape index (κ3) is 2.08. The maximum atomic E-state index is 12.9. The van der Waals surface area contributed by atoms with Gasteiger partial charge in [-0.1, -0.05) is 23.4 Å². The van der Waals surface area contributed by atoms with Gasteiger partial charge in [-0.05, 0) is 6.07 Å². The molecule has 0 radical (unpaired) electrons. The maximum absolute atomic E-state index is 12.9. The van der Waals surface area contributed by atoms with Crippen molar-refractivity contribution in [3.63, 3.8) is 0 Å². The molecule has 1 aromatic heterocycles. The lowest BCUT2D eigenvalue weighted by molar-refractivity contribution is -0.137. The van der Waals surface area contributed by atoms with Gasteiger partial charge in [-0.25, -0.2) is 0 Å². The molecule has 0 spiro atoms. The summed E-state index contributed by atoms with van der Waals surface area (Å²) in [5.74, 6) is 0. The van der Waals surface area contributed by atoms with Crippen LogP contribution in [0.2, 0.25) is 0 Å². The number of aromatic nitrogens is 3. The van der Waals surface area contributed by atoms with Crippen molar-refractivity contribution in [2.45, 2.75) is 12.7 Å². The van der Waals surface area contributed by atoms with Gasteiger partial charge in [0, 0.05) is 19.2 Å². The molecule has 0 aliphatic rings. The van der Waals surface area contributed by atoms with E-state index in [1.54, 1.807) is 7.05 Å². The molecule has 7 heteroatoms. The first-order chi connectivity index (χ1) is 8.45. The Kier molecular flexibility index (Phi) is 3.08. The van der Waals surface area contributed by atoms with Crippen LogP contribution >= 0.6 is 0 Å². The van der Waals surface area contributed by atoms with Gasteiger partial charge < -0.3 is 5.73 Å². The molecule has 18 heavy (non-hydrogen) atoms. The molecule has 1 heterocycles. The van der Waals surface area contributed by atoms with Crippen molar-refractivity contribution in [3.05, 3.63) is 35.5 Å². The average molecular weight is 256 g/mol. The first-order valence-electron chi connectivity index (χ1n) is 5.20. The normalized spacial score (nSPS) is 11.8. The monoisotopic (exact) mass is 256 g/mol. The van der Waals surface area contributed by atoms with Crippen molar-refractivity contribution in [3.8, 4) is 11.3 Å². The van der Waals surface area contributed by atoms with E-state index in [0.29, 0.717) is 5.69 Å². The highest BCUT2D eigenvalue weighted by atomic mass is 19.4. The highest BCUT2D eigenvalue weighted by Gasteiger charge is 2.34. The van der Waals surface area contributed by atoms with E-state index in [-0.39, 0.29) is 17.8 Å². The van der Waals surface area contributed by atoms with Crippen LogP contribution in [0.4, 0.5) is 13.2 Å². The van der Waals surface area contributed by atoms with Gasteiger partial charge in [-0.15, -0.1) is 5.10 Å². The Morgan fingerprint density at radius 2 is 1.94 bits per heavy atom. The summed E-state index contributed by atoms with van der Waals surface area (Å²) in [6, 6.07) is 5.25. The third-order valence-electron chi connectivity index (χ3n) is 2.62. The lowest BCUT2D eigenvalue weighted by atomic mass is 10.0. The van der Waals surface area contributed by atoms with Crippen molar-refractivity contribution in [1.29, 1.82) is 0 Å². The minimum Gasteiger partial charge on any atom is -0.325 e. The van der Waals surface area contributed by atoms with E-state index in [0.717, 1.165) is 6.07 Å². The van der Waals surface area contributed by atoms with Crippen LogP contribution in [0.5, 0.6) is 0 Å². The van der Waals surface area contributed by atoms with Gasteiger partial charge in [0.1, 0.15) is 5.69 Å². The molecule has 0 atom stereocenters. The number of aryl methyl sites for hydroxylation is 1. The molecule has 2 N–H and O–H groups in total. The zero-order valence-electron chi connectivity index (χ0n) is 9.57. The van der Waals surface area contributed by atoms with Gasteiger partial charge in [-0.3, -0.25) is 4.68 Å². The summed E-state index contributed by atoms with van der Waals surface area (Å²) < 4.78 is 40.0. The van der Waals surface area contributed by atoms with Gasteiger partial charge in [0.2, 0.25) is 0 Å². The van der Waals surface area contributed by atoms with E-state index in [2.05, 4.69) is 10.3 Å². The topological polar surface area (TPSA) is 56.7 Å². The van der Waals surface area contributed by atoms with Crippen LogP contribution in [0.25, 0.3) is 11.3 Å². The number of nitrogens with two attached hydrogens (primary N) is 1. The van der Waals surface area contributed by atoms with Crippen LogP contribution in [0.3, 0.4) is 0 Å². The number of nitrogens with zero attached hydrogens (tertiary/aromatic N) is 3. The Bertz CT molecular complexity index is 560. The molecule has 0 saturated heterocycles. The quantitative estimate of drug-likeness (QED) is 0.893. The first kappa shape index (κ1) is 12.6. The Labute approximate surface area is 101 Å². The van der Waals surface area contributed by atoms with Gasteiger partial charge in [0.15, 0.2) is 0 Å². The second kappa shape index (κ2) is 4.41. The van der Waals surface area contributed by atoms with Crippen LogP contribution in [-0.4, -0.2) is 15.0 Å². The minimum atomic E-state index is -4.43. The highest BCUT2D eigenvalue weighted by Crippen LogP contribution is 2.36. The zero-order chi connectivity index (χ0) is 13.3. The molecule has 0 saturated carbocycles. The van der Waals surface area contributed by atoms with Crippen molar-refractivity contribution in [1.82, 2.24) is 15.0 Å². The highest BCUT2D eigenvalue weighted by molar-refractivity contribution is 5.66. The summed E-state index contributed by atoms with van der Waals surface area (Å²) in [5.41, 5.74) is 5.41. The number of benzene rings is 1. The van der Waals surface area contributed by atoms with E-state index < -0.39 is 11.7 Å². The van der Waals surface area contributed by atoms with Crippen molar-refractivity contribution in [2.24, 2.45) is 12.8 Å². The predicted octanol–water partition coefficient (Wildman–Crippen LogP) is 1.96. The van der Waals surface area contributed by atoms with Gasteiger partial charge >= 0.3 is 6.18 Å². The second-order valence-corrected chi connectivity index (χ2v) is 3.76. The van der Waals surface area contributed by atoms with E-state index in [1.165, 1.54) is 22.9 Å². The fourth-order valence-electron chi connectivity index (χ4n) is 1.75. The summed E-state index contributed by atoms with van der Waals surface area (Å²) in [7, 11) is 1.59. The van der Waals surface area contributed by atoms with Gasteiger partial charge in [0.05, 0.1) is 11.3 Å². The molecule has 4 nitrogen and oxygen atoms in total. The standard InChI is InChI=1S/C11H11F3N4/c1-18-9(6-15)10(16-17-18)7-4-2-3-5-8(7)11(12,13)14/h2-5H,6,15H2,1H3. The van der Waals surface area contributed by atoms with Crippen LogP contribution in [-0.2, 0) is 19.8 Å². The van der Waals surface area contributed by atoms with Crippen molar-refractivity contribution < 1.29 is 13.2 Å². The molecule has 0 fully saturated rings. The molecule has 0 bridgehead atoms. The molecule has 0 aliphatic heterocycles. The molecule has 0 aliphatic carbocycles. The number of rotatable bonds is 2.